The van der Waals surface area contributed by atoms with Crippen LogP contribution < -0.4 is 0 Å². The highest BCUT2D eigenvalue weighted by atomic mass is 35.5. The lowest BCUT2D eigenvalue weighted by Gasteiger charge is -2.05. The number of benzene rings is 1. The predicted molar refractivity (Wildman–Crippen MR) is 61.4 cm³/mol. The van der Waals surface area contributed by atoms with E-state index in [1.165, 1.54) is 13.0 Å². The zero-order chi connectivity index (χ0) is 13.2. The Hall–Kier alpha value is -2.01. The summed E-state index contributed by atoms with van der Waals surface area (Å²) in [7, 11) is 0. The number of phenolic OH excluding ortho intramolecular Hbond substituents is 1. The molecule has 0 bridgehead atoms. The van der Waals surface area contributed by atoms with Crippen LogP contribution in [0.15, 0.2) is 17.7 Å². The van der Waals surface area contributed by atoms with E-state index < -0.39 is 11.9 Å². The molecule has 0 aromatic heterocycles. The van der Waals surface area contributed by atoms with Crippen LogP contribution in [-0.4, -0.2) is 27.3 Å². The smallest absolute Gasteiger partial charge is 0.335 e. The highest BCUT2D eigenvalue weighted by Crippen LogP contribution is 2.29. The van der Waals surface area contributed by atoms with Crippen molar-refractivity contribution >= 4 is 29.6 Å². The molecule has 3 N–H and O–H groups in total. The normalized spacial score (nSPS) is 11.3. The van der Waals surface area contributed by atoms with Crippen molar-refractivity contribution < 1.29 is 24.9 Å². The van der Waals surface area contributed by atoms with E-state index in [0.717, 1.165) is 12.1 Å². The van der Waals surface area contributed by atoms with Crippen LogP contribution in [0.4, 0.5) is 0 Å². The number of carboxylic acid groups (broad SMARTS) is 2. The van der Waals surface area contributed by atoms with E-state index in [4.69, 9.17) is 21.8 Å². The topological polar surface area (TPSA) is 94.8 Å². The highest BCUT2D eigenvalue weighted by Gasteiger charge is 2.12. The minimum Gasteiger partial charge on any atom is -0.507 e. The molecule has 6 heteroatoms. The van der Waals surface area contributed by atoms with Gasteiger partial charge < -0.3 is 15.3 Å². The molecular formula is C11H9ClO5. The highest BCUT2D eigenvalue weighted by molar-refractivity contribution is 6.32. The molecule has 0 unspecified atom stereocenters. The molecule has 1 rings (SSSR count). The van der Waals surface area contributed by atoms with E-state index in [2.05, 4.69) is 0 Å². The number of hydrogen-bond acceptors (Lipinski definition) is 3. The summed E-state index contributed by atoms with van der Waals surface area (Å²) < 4.78 is 0. The number of hydrogen-bond donors (Lipinski definition) is 3. The predicted octanol–water partition coefficient (Wildman–Crippen LogP) is 2.23. The van der Waals surface area contributed by atoms with Gasteiger partial charge in [-0.15, -0.1) is 0 Å². The first-order valence-corrected chi connectivity index (χ1v) is 4.88. The first kappa shape index (κ1) is 13.1. The van der Waals surface area contributed by atoms with Crippen LogP contribution in [0, 0.1) is 0 Å². The molecule has 0 aliphatic carbocycles. The Morgan fingerprint density at radius 1 is 1.29 bits per heavy atom. The second-order valence-electron chi connectivity index (χ2n) is 3.33. The van der Waals surface area contributed by atoms with Gasteiger partial charge in [0.15, 0.2) is 0 Å². The third kappa shape index (κ3) is 2.98. The van der Waals surface area contributed by atoms with Gasteiger partial charge >= 0.3 is 11.9 Å². The Balaban J connectivity index is 3.33. The van der Waals surface area contributed by atoms with Crippen molar-refractivity contribution in [2.75, 3.05) is 0 Å². The van der Waals surface area contributed by atoms with Gasteiger partial charge in [0.2, 0.25) is 0 Å². The second-order valence-corrected chi connectivity index (χ2v) is 3.74. The number of aliphatic carboxylic acids is 1. The fourth-order valence-electron chi connectivity index (χ4n) is 1.15. The molecule has 0 radical (unpaired) electrons. The van der Waals surface area contributed by atoms with Gasteiger partial charge in [-0.3, -0.25) is 0 Å². The zero-order valence-corrected chi connectivity index (χ0v) is 9.52. The van der Waals surface area contributed by atoms with Crippen molar-refractivity contribution in [1.82, 2.24) is 0 Å². The van der Waals surface area contributed by atoms with Crippen LogP contribution >= 0.6 is 11.6 Å². The molecule has 0 aliphatic rings. The van der Waals surface area contributed by atoms with Crippen molar-refractivity contribution in [3.05, 3.63) is 33.9 Å². The number of rotatable bonds is 3. The minimum absolute atomic E-state index is 0.0229. The molecule has 0 fully saturated rings. The number of carbonyl (C=O) groups is 2. The molecule has 0 aliphatic heterocycles. The van der Waals surface area contributed by atoms with Crippen molar-refractivity contribution in [3.63, 3.8) is 0 Å². The summed E-state index contributed by atoms with van der Waals surface area (Å²) >= 11 is 5.77. The van der Waals surface area contributed by atoms with Crippen LogP contribution in [0.25, 0.3) is 6.08 Å². The number of aromatic carboxylic acids is 1. The molecule has 5 nitrogen and oxygen atoms in total. The van der Waals surface area contributed by atoms with E-state index in [0.29, 0.717) is 0 Å². The third-order valence-corrected chi connectivity index (χ3v) is 2.37. The van der Waals surface area contributed by atoms with Crippen LogP contribution in [0.3, 0.4) is 0 Å². The number of aromatic hydroxyl groups is 1. The van der Waals surface area contributed by atoms with E-state index in [1.54, 1.807) is 0 Å². The van der Waals surface area contributed by atoms with Crippen LogP contribution in [-0.2, 0) is 4.79 Å². The lowest BCUT2D eigenvalue weighted by molar-refractivity contribution is -0.132. The third-order valence-electron chi connectivity index (χ3n) is 2.05. The van der Waals surface area contributed by atoms with Gasteiger partial charge in [0.1, 0.15) is 5.75 Å². The quantitative estimate of drug-likeness (QED) is 0.721. The molecule has 0 saturated carbocycles. The Morgan fingerprint density at radius 3 is 2.29 bits per heavy atom. The van der Waals surface area contributed by atoms with E-state index in [-0.39, 0.29) is 27.5 Å². The molecule has 1 aromatic rings. The van der Waals surface area contributed by atoms with Crippen molar-refractivity contribution in [3.8, 4) is 5.75 Å². The first-order valence-electron chi connectivity index (χ1n) is 4.50. The fraction of sp³-hybridized carbons (Fsp3) is 0.0909. The van der Waals surface area contributed by atoms with Gasteiger partial charge in [-0.2, -0.15) is 0 Å². The second kappa shape index (κ2) is 4.88. The van der Waals surface area contributed by atoms with Gasteiger partial charge in [0.25, 0.3) is 0 Å². The van der Waals surface area contributed by atoms with Gasteiger partial charge in [-0.05, 0) is 25.1 Å². The van der Waals surface area contributed by atoms with Gasteiger partial charge in [-0.1, -0.05) is 11.6 Å². The zero-order valence-electron chi connectivity index (χ0n) is 8.77. The number of phenols is 1. The molecule has 17 heavy (non-hydrogen) atoms. The maximum Gasteiger partial charge on any atom is 0.335 e. The Bertz CT molecular complexity index is 496. The van der Waals surface area contributed by atoms with Gasteiger partial charge in [-0.25, -0.2) is 9.59 Å². The van der Waals surface area contributed by atoms with Crippen LogP contribution in [0.5, 0.6) is 5.75 Å². The average Bonchev–Trinajstić information content (AvgIpc) is 2.22. The maximum atomic E-state index is 10.7. The van der Waals surface area contributed by atoms with Crippen molar-refractivity contribution in [2.24, 2.45) is 0 Å². The van der Waals surface area contributed by atoms with Crippen LogP contribution in [0.1, 0.15) is 22.8 Å². The fourth-order valence-corrected chi connectivity index (χ4v) is 1.42. The summed E-state index contributed by atoms with van der Waals surface area (Å²) in [5, 5.41) is 26.9. The standard InChI is InChI=1S/C11H9ClO5/c1-5(10(14)15)2-7-8(12)3-6(11(16)17)4-9(7)13/h2-4,13H,1H3,(H,14,15)(H,16,17)/b5-2+. The molecule has 0 spiro atoms. The summed E-state index contributed by atoms with van der Waals surface area (Å²) in [6.07, 6.45) is 1.17. The number of halogens is 1. The Labute approximate surface area is 102 Å². The summed E-state index contributed by atoms with van der Waals surface area (Å²) in [4.78, 5) is 21.3. The van der Waals surface area contributed by atoms with Crippen molar-refractivity contribution in [1.29, 1.82) is 0 Å². The summed E-state index contributed by atoms with van der Waals surface area (Å²) in [5.41, 5.74) is -0.112. The molecule has 1 aromatic carbocycles. The van der Waals surface area contributed by atoms with Crippen LogP contribution in [0.2, 0.25) is 5.02 Å². The Morgan fingerprint density at radius 2 is 1.88 bits per heavy atom. The van der Waals surface area contributed by atoms with Gasteiger partial charge in [0, 0.05) is 11.1 Å². The summed E-state index contributed by atoms with van der Waals surface area (Å²) in [6, 6.07) is 2.15. The molecule has 0 atom stereocenters. The molecule has 90 valence electrons. The maximum absolute atomic E-state index is 10.7. The Kier molecular flexibility index (Phi) is 3.75. The lowest BCUT2D eigenvalue weighted by atomic mass is 10.1. The summed E-state index contributed by atoms with van der Waals surface area (Å²) in [5.74, 6) is -2.76. The van der Waals surface area contributed by atoms with Crippen molar-refractivity contribution in [2.45, 2.75) is 6.92 Å². The van der Waals surface area contributed by atoms with Gasteiger partial charge in [0.05, 0.1) is 10.6 Å². The average molecular weight is 257 g/mol. The monoisotopic (exact) mass is 256 g/mol. The largest absolute Gasteiger partial charge is 0.507 e. The molecule has 0 heterocycles. The molecule has 0 amide bonds. The lowest BCUT2D eigenvalue weighted by Crippen LogP contribution is -1.98. The molecule has 0 saturated heterocycles. The first-order chi connectivity index (χ1) is 7.82. The van der Waals surface area contributed by atoms with E-state index in [1.807, 2.05) is 0 Å². The minimum atomic E-state index is -1.23. The number of carboxylic acids is 2. The SMILES string of the molecule is C/C(=C\c1c(O)cc(C(=O)O)cc1Cl)C(=O)O. The summed E-state index contributed by atoms with van der Waals surface area (Å²) in [6.45, 7) is 1.34. The van der Waals surface area contributed by atoms with E-state index >= 15 is 0 Å². The molecular weight excluding hydrogens is 248 g/mol. The van der Waals surface area contributed by atoms with E-state index in [9.17, 15) is 14.7 Å².